The second-order valence-corrected chi connectivity index (χ2v) is 12.2. The Morgan fingerprint density at radius 1 is 0.609 bits per heavy atom. The van der Waals surface area contributed by atoms with E-state index >= 15 is 0 Å². The minimum absolute atomic E-state index is 0.677. The average Bonchev–Trinajstić information content (AvgIpc) is 3.94. The highest BCUT2D eigenvalue weighted by Crippen LogP contribution is 2.40. The van der Waals surface area contributed by atoms with Crippen LogP contribution in [0.4, 0.5) is 0 Å². The summed E-state index contributed by atoms with van der Waals surface area (Å²) in [4.78, 5) is 15.5. The van der Waals surface area contributed by atoms with Gasteiger partial charge in [-0.1, -0.05) is 13.8 Å². The van der Waals surface area contributed by atoms with Gasteiger partial charge in [0.05, 0.1) is 31.4 Å². The van der Waals surface area contributed by atoms with Gasteiger partial charge in [0.25, 0.3) is 0 Å². The Kier molecular flexibility index (Phi) is 11.6. The van der Waals surface area contributed by atoms with Crippen LogP contribution in [0.15, 0.2) is 113 Å². The van der Waals surface area contributed by atoms with Crippen LogP contribution in [0.5, 0.6) is 34.5 Å². The van der Waals surface area contributed by atoms with Crippen molar-refractivity contribution in [3.8, 4) is 34.5 Å². The summed E-state index contributed by atoms with van der Waals surface area (Å²) in [6, 6.07) is 27.6. The van der Waals surface area contributed by atoms with E-state index in [9.17, 15) is 0 Å². The molecule has 0 aliphatic heterocycles. The van der Waals surface area contributed by atoms with E-state index in [2.05, 4.69) is 27.1 Å². The summed E-state index contributed by atoms with van der Waals surface area (Å²) in [6.45, 7) is 4.00. The number of rotatable bonds is 9. The maximum absolute atomic E-state index is 6.05. The van der Waals surface area contributed by atoms with Crippen molar-refractivity contribution in [2.24, 2.45) is 0 Å². The van der Waals surface area contributed by atoms with Crippen molar-refractivity contribution in [1.82, 2.24) is 15.0 Å². The lowest BCUT2D eigenvalue weighted by molar-refractivity contribution is 0.413. The van der Waals surface area contributed by atoms with E-state index in [1.165, 1.54) is 22.6 Å². The Labute approximate surface area is 278 Å². The van der Waals surface area contributed by atoms with E-state index in [1.807, 2.05) is 105 Å². The first kappa shape index (κ1) is 32.9. The number of benzene rings is 3. The van der Waals surface area contributed by atoms with Crippen molar-refractivity contribution in [1.29, 1.82) is 0 Å². The molecule has 0 radical (unpaired) electrons. The minimum Gasteiger partial charge on any atom is -0.497 e. The Morgan fingerprint density at radius 2 is 1.17 bits per heavy atom. The molecule has 0 amide bonds. The van der Waals surface area contributed by atoms with Crippen LogP contribution in [0.3, 0.4) is 0 Å². The molecule has 0 atom stereocenters. The zero-order chi connectivity index (χ0) is 32.3. The summed E-state index contributed by atoms with van der Waals surface area (Å²) in [6.07, 6.45) is 9.85. The second kappa shape index (κ2) is 16.2. The molecule has 9 heteroatoms. The van der Waals surface area contributed by atoms with Gasteiger partial charge in [0.15, 0.2) is 5.75 Å². The molecule has 46 heavy (non-hydrogen) atoms. The standard InChI is InChI=1S/C19H17NO2S.C16H14N2O2S.C2H6/c1-21-14-4-9-17-18(12-14)20-11-10-19(17)22-13-2-5-15(6-3-13)23-16-7-8-16;1-19-12-9-14-16(18-10-12)15(7-8-17-14)20-11-3-5-13(21-2)6-4-11;1-2/h2-6,9-12,16H,7-8H2,1H3;3-10H,1-2H3;1-2H3. The van der Waals surface area contributed by atoms with Crippen LogP contribution in [0.1, 0.15) is 26.7 Å². The third kappa shape index (κ3) is 8.62. The molecule has 7 rings (SSSR count). The van der Waals surface area contributed by atoms with Crippen LogP contribution >= 0.6 is 23.5 Å². The molecule has 236 valence electrons. The van der Waals surface area contributed by atoms with Crippen LogP contribution in [-0.2, 0) is 0 Å². The molecule has 3 heterocycles. The molecule has 3 aromatic heterocycles. The smallest absolute Gasteiger partial charge is 0.156 e. The van der Waals surface area contributed by atoms with E-state index in [4.69, 9.17) is 18.9 Å². The maximum atomic E-state index is 6.05. The lowest BCUT2D eigenvalue weighted by atomic mass is 10.2. The van der Waals surface area contributed by atoms with Gasteiger partial charge in [-0.2, -0.15) is 0 Å². The normalized spacial score (nSPS) is 11.9. The highest BCUT2D eigenvalue weighted by Gasteiger charge is 2.22. The van der Waals surface area contributed by atoms with E-state index in [0.717, 1.165) is 44.7 Å². The molecule has 1 saturated carbocycles. The molecule has 0 saturated heterocycles. The van der Waals surface area contributed by atoms with Gasteiger partial charge >= 0.3 is 0 Å². The Balaban J connectivity index is 0.000000173. The van der Waals surface area contributed by atoms with Crippen LogP contribution in [0, 0.1) is 0 Å². The number of hydrogen-bond acceptors (Lipinski definition) is 9. The number of hydrogen-bond donors (Lipinski definition) is 0. The van der Waals surface area contributed by atoms with Crippen molar-refractivity contribution >= 4 is 45.5 Å². The fourth-order valence-corrected chi connectivity index (χ4v) is 5.82. The summed E-state index contributed by atoms with van der Waals surface area (Å²) in [7, 11) is 3.26. The Hall–Kier alpha value is -4.47. The van der Waals surface area contributed by atoms with E-state index in [1.54, 1.807) is 44.6 Å². The summed E-state index contributed by atoms with van der Waals surface area (Å²) in [5.41, 5.74) is 2.32. The lowest BCUT2D eigenvalue weighted by Crippen LogP contribution is -1.91. The number of pyridine rings is 3. The van der Waals surface area contributed by atoms with Crippen molar-refractivity contribution in [2.75, 3.05) is 20.5 Å². The summed E-state index contributed by atoms with van der Waals surface area (Å²) >= 11 is 3.65. The van der Waals surface area contributed by atoms with Crippen LogP contribution in [0.25, 0.3) is 21.9 Å². The Morgan fingerprint density at radius 3 is 1.80 bits per heavy atom. The topological polar surface area (TPSA) is 75.6 Å². The van der Waals surface area contributed by atoms with Gasteiger partial charge in [-0.3, -0.25) is 9.97 Å². The van der Waals surface area contributed by atoms with Gasteiger partial charge in [0.1, 0.15) is 34.3 Å². The zero-order valence-electron chi connectivity index (χ0n) is 26.6. The fraction of sp³-hybridized carbons (Fsp3) is 0.216. The number of methoxy groups -OCH3 is 2. The first-order chi connectivity index (χ1) is 22.6. The predicted molar refractivity (Wildman–Crippen MR) is 189 cm³/mol. The minimum atomic E-state index is 0.677. The Bertz CT molecular complexity index is 1860. The zero-order valence-corrected chi connectivity index (χ0v) is 28.2. The van der Waals surface area contributed by atoms with Gasteiger partial charge in [0.2, 0.25) is 0 Å². The van der Waals surface area contributed by atoms with Gasteiger partial charge in [-0.25, -0.2) is 4.98 Å². The number of ether oxygens (including phenoxy) is 4. The van der Waals surface area contributed by atoms with Crippen molar-refractivity contribution in [3.63, 3.8) is 0 Å². The molecule has 0 spiro atoms. The van der Waals surface area contributed by atoms with Crippen molar-refractivity contribution in [3.05, 3.63) is 104 Å². The van der Waals surface area contributed by atoms with E-state index in [0.29, 0.717) is 17.0 Å². The molecular weight excluding hydrogens is 615 g/mol. The van der Waals surface area contributed by atoms with Gasteiger partial charge in [-0.15, -0.1) is 23.5 Å². The molecule has 0 N–H and O–H groups in total. The average molecular weight is 652 g/mol. The molecule has 1 aliphatic rings. The number of thioether (sulfide) groups is 2. The summed E-state index contributed by atoms with van der Waals surface area (Å²) < 4.78 is 22.4. The molecule has 7 nitrogen and oxygen atoms in total. The van der Waals surface area contributed by atoms with Gasteiger partial charge in [0, 0.05) is 51.0 Å². The van der Waals surface area contributed by atoms with Crippen molar-refractivity contribution in [2.45, 2.75) is 41.7 Å². The highest BCUT2D eigenvalue weighted by atomic mass is 32.2. The predicted octanol–water partition coefficient (Wildman–Crippen LogP) is 10.5. The lowest BCUT2D eigenvalue weighted by Gasteiger charge is -2.10. The SMILES string of the molecule is CC.COc1ccc2c(Oc3ccc(SC4CC4)cc3)ccnc2c1.COc1cnc2c(Oc3ccc(SC)cc3)ccnc2c1. The quantitative estimate of drug-likeness (QED) is 0.142. The van der Waals surface area contributed by atoms with Crippen LogP contribution in [0.2, 0.25) is 0 Å². The van der Waals surface area contributed by atoms with Crippen molar-refractivity contribution < 1.29 is 18.9 Å². The largest absolute Gasteiger partial charge is 0.497 e. The van der Waals surface area contributed by atoms with Gasteiger partial charge < -0.3 is 18.9 Å². The molecule has 1 aliphatic carbocycles. The highest BCUT2D eigenvalue weighted by molar-refractivity contribution is 8.00. The summed E-state index contributed by atoms with van der Waals surface area (Å²) in [5, 5.41) is 1.80. The number of fused-ring (bicyclic) bond motifs is 2. The van der Waals surface area contributed by atoms with E-state index < -0.39 is 0 Å². The maximum Gasteiger partial charge on any atom is 0.156 e. The molecular formula is C37H37N3O4S2. The first-order valence-corrected chi connectivity index (χ1v) is 17.2. The second-order valence-electron chi connectivity index (χ2n) is 9.91. The number of nitrogens with zero attached hydrogens (tertiary/aromatic N) is 3. The van der Waals surface area contributed by atoms with Crippen LogP contribution in [-0.4, -0.2) is 40.7 Å². The third-order valence-corrected chi connectivity index (χ3v) is 8.92. The molecule has 0 bridgehead atoms. The molecule has 6 aromatic rings. The van der Waals surface area contributed by atoms with Crippen LogP contribution < -0.4 is 18.9 Å². The number of aromatic nitrogens is 3. The van der Waals surface area contributed by atoms with E-state index in [-0.39, 0.29) is 0 Å². The fourth-order valence-electron chi connectivity index (χ4n) is 4.36. The first-order valence-electron chi connectivity index (χ1n) is 15.1. The monoisotopic (exact) mass is 651 g/mol. The van der Waals surface area contributed by atoms with Gasteiger partial charge in [-0.05, 0) is 85.8 Å². The molecule has 0 unspecified atom stereocenters. The molecule has 3 aromatic carbocycles. The molecule has 1 fully saturated rings. The third-order valence-electron chi connectivity index (χ3n) is 6.83. The summed E-state index contributed by atoms with van der Waals surface area (Å²) in [5.74, 6) is 4.58.